The number of carbonyl (C=O) groups excluding carboxylic acids is 1. The van der Waals surface area contributed by atoms with Gasteiger partial charge in [-0.3, -0.25) is 4.79 Å². The summed E-state index contributed by atoms with van der Waals surface area (Å²) < 4.78 is 16.0. The van der Waals surface area contributed by atoms with Crippen molar-refractivity contribution in [3.63, 3.8) is 0 Å². The molecule has 0 aliphatic rings. The maximum atomic E-state index is 12.0. The summed E-state index contributed by atoms with van der Waals surface area (Å²) in [7, 11) is 0. The zero-order valence-corrected chi connectivity index (χ0v) is 15.6. The quantitative estimate of drug-likeness (QED) is 0.412. The van der Waals surface area contributed by atoms with Crippen molar-refractivity contribution in [3.05, 3.63) is 59.4 Å². The van der Waals surface area contributed by atoms with Crippen molar-refractivity contribution in [1.29, 1.82) is 0 Å². The van der Waals surface area contributed by atoms with E-state index in [1.54, 1.807) is 48.5 Å². The molecule has 0 fully saturated rings. The van der Waals surface area contributed by atoms with Crippen LogP contribution >= 0.6 is 11.6 Å². The first-order valence-electron chi connectivity index (χ1n) is 8.66. The summed E-state index contributed by atoms with van der Waals surface area (Å²) in [5, 5.41) is 4.55. The molecule has 0 saturated carbocycles. The Morgan fingerprint density at radius 1 is 1.07 bits per heavy atom. The number of aromatic nitrogens is 2. The fraction of sp³-hybridized carbons (Fsp3) is 0.250. The van der Waals surface area contributed by atoms with Gasteiger partial charge in [-0.25, -0.2) is 0 Å². The van der Waals surface area contributed by atoms with Gasteiger partial charge in [0.15, 0.2) is 0 Å². The van der Waals surface area contributed by atoms with Crippen LogP contribution in [0.5, 0.6) is 11.5 Å². The molecular weight excluding hydrogens is 368 g/mol. The molecule has 2 aromatic carbocycles. The summed E-state index contributed by atoms with van der Waals surface area (Å²) in [5.74, 6) is 1.68. The lowest BCUT2D eigenvalue weighted by molar-refractivity contribution is -0.134. The number of nitrogens with zero attached hydrogens (tertiary/aromatic N) is 2. The first-order chi connectivity index (χ1) is 13.1. The smallest absolute Gasteiger partial charge is 0.311 e. The number of rotatable bonds is 8. The third-order valence-corrected chi connectivity index (χ3v) is 3.89. The largest absolute Gasteiger partial charge is 0.494 e. The summed E-state index contributed by atoms with van der Waals surface area (Å²) in [4.78, 5) is 16.3. The summed E-state index contributed by atoms with van der Waals surface area (Å²) in [6, 6.07) is 14.1. The maximum Gasteiger partial charge on any atom is 0.311 e. The van der Waals surface area contributed by atoms with E-state index < -0.39 is 0 Å². The molecule has 6 nitrogen and oxygen atoms in total. The molecule has 1 aromatic heterocycles. The van der Waals surface area contributed by atoms with E-state index in [4.69, 9.17) is 25.6 Å². The molecule has 0 atom stereocenters. The minimum absolute atomic E-state index is 0.135. The Bertz CT molecular complexity index is 876. The van der Waals surface area contributed by atoms with Crippen LogP contribution in [0.2, 0.25) is 5.02 Å². The molecule has 3 aromatic rings. The minimum atomic E-state index is -0.372. The standard InChI is InChI=1S/C20H19ClN2O4/c1-2-13-25-16-7-9-17(10-8-16)26-19(24)12-11-18-22-20(23-27-18)14-3-5-15(21)6-4-14/h3-10H,2,11-13H2,1H3. The Morgan fingerprint density at radius 2 is 1.78 bits per heavy atom. The van der Waals surface area contributed by atoms with E-state index in [1.807, 2.05) is 6.92 Å². The highest BCUT2D eigenvalue weighted by atomic mass is 35.5. The van der Waals surface area contributed by atoms with E-state index >= 15 is 0 Å². The van der Waals surface area contributed by atoms with Crippen molar-refractivity contribution < 1.29 is 18.8 Å². The van der Waals surface area contributed by atoms with Gasteiger partial charge >= 0.3 is 5.97 Å². The van der Waals surface area contributed by atoms with E-state index in [1.165, 1.54) is 0 Å². The molecule has 0 radical (unpaired) electrons. The van der Waals surface area contributed by atoms with Crippen LogP contribution in [0.4, 0.5) is 0 Å². The van der Waals surface area contributed by atoms with Crippen molar-refractivity contribution in [2.75, 3.05) is 6.61 Å². The molecule has 27 heavy (non-hydrogen) atoms. The number of ether oxygens (including phenoxy) is 2. The number of carbonyl (C=O) groups is 1. The van der Waals surface area contributed by atoms with Crippen LogP contribution < -0.4 is 9.47 Å². The van der Waals surface area contributed by atoms with Gasteiger partial charge in [-0.15, -0.1) is 0 Å². The fourth-order valence-electron chi connectivity index (χ4n) is 2.29. The highest BCUT2D eigenvalue weighted by Gasteiger charge is 2.12. The molecule has 0 aliphatic heterocycles. The molecule has 0 aliphatic carbocycles. The van der Waals surface area contributed by atoms with Gasteiger partial charge in [-0.1, -0.05) is 23.7 Å². The normalized spacial score (nSPS) is 10.6. The zero-order valence-electron chi connectivity index (χ0n) is 14.9. The summed E-state index contributed by atoms with van der Waals surface area (Å²) >= 11 is 5.86. The third-order valence-electron chi connectivity index (χ3n) is 3.64. The Hall–Kier alpha value is -2.86. The van der Waals surface area contributed by atoms with E-state index in [0.29, 0.717) is 35.5 Å². The molecule has 0 saturated heterocycles. The fourth-order valence-corrected chi connectivity index (χ4v) is 2.41. The molecule has 3 rings (SSSR count). The van der Waals surface area contributed by atoms with Gasteiger partial charge in [0.1, 0.15) is 11.5 Å². The molecular formula is C20H19ClN2O4. The van der Waals surface area contributed by atoms with Gasteiger partial charge in [-0.05, 0) is 55.0 Å². The average Bonchev–Trinajstić information content (AvgIpc) is 3.15. The van der Waals surface area contributed by atoms with E-state index in [0.717, 1.165) is 17.7 Å². The molecule has 0 bridgehead atoms. The number of hydrogen-bond donors (Lipinski definition) is 0. The third kappa shape index (κ3) is 5.56. The van der Waals surface area contributed by atoms with Crippen molar-refractivity contribution >= 4 is 17.6 Å². The molecule has 1 heterocycles. The molecule has 140 valence electrons. The number of halogens is 1. The van der Waals surface area contributed by atoms with Crippen LogP contribution in [0, 0.1) is 0 Å². The Balaban J connectivity index is 1.50. The first kappa shape index (κ1) is 18.9. The topological polar surface area (TPSA) is 74.5 Å². The highest BCUT2D eigenvalue weighted by Crippen LogP contribution is 2.20. The van der Waals surface area contributed by atoms with Gasteiger partial charge in [0.2, 0.25) is 11.7 Å². The van der Waals surface area contributed by atoms with Crippen LogP contribution in [0.3, 0.4) is 0 Å². The van der Waals surface area contributed by atoms with Crippen molar-refractivity contribution in [2.45, 2.75) is 26.2 Å². The second kappa shape index (κ2) is 9.19. The van der Waals surface area contributed by atoms with Crippen molar-refractivity contribution in [2.24, 2.45) is 0 Å². The van der Waals surface area contributed by atoms with Gasteiger partial charge in [0.25, 0.3) is 0 Å². The van der Waals surface area contributed by atoms with E-state index in [9.17, 15) is 4.79 Å². The summed E-state index contributed by atoms with van der Waals surface area (Å²) in [5.41, 5.74) is 0.794. The highest BCUT2D eigenvalue weighted by molar-refractivity contribution is 6.30. The van der Waals surface area contributed by atoms with Crippen LogP contribution in [-0.4, -0.2) is 22.7 Å². The molecule has 0 N–H and O–H groups in total. The lowest BCUT2D eigenvalue weighted by Gasteiger charge is -2.06. The van der Waals surface area contributed by atoms with Gasteiger partial charge in [0, 0.05) is 17.0 Å². The number of aryl methyl sites for hydroxylation is 1. The van der Waals surface area contributed by atoms with Gasteiger partial charge in [-0.2, -0.15) is 4.98 Å². The van der Waals surface area contributed by atoms with E-state index in [-0.39, 0.29) is 12.4 Å². The van der Waals surface area contributed by atoms with Crippen LogP contribution in [0.15, 0.2) is 53.1 Å². The summed E-state index contributed by atoms with van der Waals surface area (Å²) in [6.45, 7) is 2.69. The number of hydrogen-bond acceptors (Lipinski definition) is 6. The van der Waals surface area contributed by atoms with Crippen LogP contribution in [0.25, 0.3) is 11.4 Å². The Labute approximate surface area is 162 Å². The predicted molar refractivity (Wildman–Crippen MR) is 101 cm³/mol. The average molecular weight is 387 g/mol. The van der Waals surface area contributed by atoms with Crippen LogP contribution in [-0.2, 0) is 11.2 Å². The first-order valence-corrected chi connectivity index (χ1v) is 9.04. The maximum absolute atomic E-state index is 12.0. The second-order valence-corrected chi connectivity index (χ2v) is 6.25. The van der Waals surface area contributed by atoms with Crippen molar-refractivity contribution in [3.8, 4) is 22.9 Å². The van der Waals surface area contributed by atoms with E-state index in [2.05, 4.69) is 10.1 Å². The predicted octanol–water partition coefficient (Wildman–Crippen LogP) is 4.72. The second-order valence-electron chi connectivity index (χ2n) is 5.81. The Kier molecular flexibility index (Phi) is 6.44. The SMILES string of the molecule is CCCOc1ccc(OC(=O)CCc2nc(-c3ccc(Cl)cc3)no2)cc1. The summed E-state index contributed by atoms with van der Waals surface area (Å²) in [6.07, 6.45) is 1.37. The lowest BCUT2D eigenvalue weighted by Crippen LogP contribution is -2.09. The monoisotopic (exact) mass is 386 g/mol. The van der Waals surface area contributed by atoms with Gasteiger partial charge < -0.3 is 14.0 Å². The number of benzene rings is 2. The molecule has 0 spiro atoms. The van der Waals surface area contributed by atoms with Gasteiger partial charge in [0.05, 0.1) is 13.0 Å². The Morgan fingerprint density at radius 3 is 2.48 bits per heavy atom. The minimum Gasteiger partial charge on any atom is -0.494 e. The number of esters is 1. The molecule has 0 unspecified atom stereocenters. The lowest BCUT2D eigenvalue weighted by atomic mass is 10.2. The molecule has 7 heteroatoms. The van der Waals surface area contributed by atoms with Crippen LogP contribution in [0.1, 0.15) is 25.7 Å². The zero-order chi connectivity index (χ0) is 19.1. The molecule has 0 amide bonds. The van der Waals surface area contributed by atoms with Crippen molar-refractivity contribution in [1.82, 2.24) is 10.1 Å².